The minimum atomic E-state index is 0. The van der Waals surface area contributed by atoms with Gasteiger partial charge in [-0.1, -0.05) is 0 Å². The van der Waals surface area contributed by atoms with E-state index in [0.717, 1.165) is 45.1 Å². The summed E-state index contributed by atoms with van der Waals surface area (Å²) in [4.78, 5) is 17.3. The predicted molar refractivity (Wildman–Crippen MR) is 90.5 cm³/mol. The number of rotatable bonds is 2. The SMILES string of the molecule is Cl.Cl.O=C(C1CCNCC1)N1CCC(N2CCCC2)CC1. The zero-order valence-corrected chi connectivity index (χ0v) is 14.4. The Morgan fingerprint density at radius 1 is 0.857 bits per heavy atom. The van der Waals surface area contributed by atoms with Crippen LogP contribution in [0.5, 0.6) is 0 Å². The van der Waals surface area contributed by atoms with Crippen molar-refractivity contribution < 1.29 is 4.79 Å². The van der Waals surface area contributed by atoms with Crippen LogP contribution in [0.25, 0.3) is 0 Å². The van der Waals surface area contributed by atoms with Crippen molar-refractivity contribution in [3.05, 3.63) is 0 Å². The first-order valence-corrected chi connectivity index (χ1v) is 8.08. The summed E-state index contributed by atoms with van der Waals surface area (Å²) in [6, 6.07) is 0.750. The Morgan fingerprint density at radius 3 is 2.00 bits per heavy atom. The number of nitrogens with one attached hydrogen (secondary N) is 1. The molecule has 0 spiro atoms. The molecule has 0 saturated carbocycles. The molecule has 0 aromatic heterocycles. The first-order valence-electron chi connectivity index (χ1n) is 8.08. The molecule has 3 rings (SSSR count). The Labute approximate surface area is 140 Å². The monoisotopic (exact) mass is 337 g/mol. The molecule has 0 aromatic rings. The summed E-state index contributed by atoms with van der Waals surface area (Å²) in [5.74, 6) is 0.728. The van der Waals surface area contributed by atoms with Crippen molar-refractivity contribution >= 4 is 30.7 Å². The molecule has 1 N–H and O–H groups in total. The van der Waals surface area contributed by atoms with E-state index >= 15 is 0 Å². The fourth-order valence-corrected chi connectivity index (χ4v) is 3.89. The van der Waals surface area contributed by atoms with Gasteiger partial charge in [-0.05, 0) is 64.7 Å². The molecule has 0 radical (unpaired) electrons. The number of amides is 1. The predicted octanol–water partition coefficient (Wildman–Crippen LogP) is 1.92. The summed E-state index contributed by atoms with van der Waals surface area (Å²) in [6.07, 6.45) is 7.19. The van der Waals surface area contributed by atoms with Crippen LogP contribution in [0, 0.1) is 5.92 Å². The summed E-state index contributed by atoms with van der Waals surface area (Å²) >= 11 is 0. The molecule has 4 nitrogen and oxygen atoms in total. The van der Waals surface area contributed by atoms with E-state index in [2.05, 4.69) is 15.1 Å². The van der Waals surface area contributed by atoms with Gasteiger partial charge < -0.3 is 15.1 Å². The van der Waals surface area contributed by atoms with Crippen molar-refractivity contribution in [2.24, 2.45) is 5.92 Å². The van der Waals surface area contributed by atoms with Gasteiger partial charge >= 0.3 is 0 Å². The van der Waals surface area contributed by atoms with Gasteiger partial charge in [-0.25, -0.2) is 0 Å². The summed E-state index contributed by atoms with van der Waals surface area (Å²) in [5.41, 5.74) is 0. The maximum absolute atomic E-state index is 12.5. The molecule has 124 valence electrons. The lowest BCUT2D eigenvalue weighted by molar-refractivity contribution is -0.137. The Kier molecular flexibility index (Phi) is 8.32. The van der Waals surface area contributed by atoms with Gasteiger partial charge in [-0.3, -0.25) is 4.79 Å². The second-order valence-corrected chi connectivity index (χ2v) is 6.32. The first kappa shape index (κ1) is 19.0. The second kappa shape index (κ2) is 9.19. The number of piperidine rings is 2. The van der Waals surface area contributed by atoms with Crippen molar-refractivity contribution in [2.75, 3.05) is 39.3 Å². The summed E-state index contributed by atoms with van der Waals surface area (Å²) in [6.45, 7) is 6.58. The Hall–Kier alpha value is -0.0300. The summed E-state index contributed by atoms with van der Waals surface area (Å²) in [7, 11) is 0. The molecule has 3 aliphatic rings. The highest BCUT2D eigenvalue weighted by Gasteiger charge is 2.31. The fourth-order valence-electron chi connectivity index (χ4n) is 3.89. The zero-order chi connectivity index (χ0) is 13.1. The fraction of sp³-hybridized carbons (Fsp3) is 0.933. The highest BCUT2D eigenvalue weighted by molar-refractivity contribution is 5.85. The number of halogens is 2. The smallest absolute Gasteiger partial charge is 0.225 e. The van der Waals surface area contributed by atoms with E-state index in [1.165, 1.54) is 38.8 Å². The topological polar surface area (TPSA) is 35.6 Å². The van der Waals surface area contributed by atoms with Crippen LogP contribution in [0.3, 0.4) is 0 Å². The van der Waals surface area contributed by atoms with Gasteiger partial charge in [-0.15, -0.1) is 24.8 Å². The highest BCUT2D eigenvalue weighted by Crippen LogP contribution is 2.23. The summed E-state index contributed by atoms with van der Waals surface area (Å²) < 4.78 is 0. The molecule has 3 fully saturated rings. The maximum Gasteiger partial charge on any atom is 0.225 e. The minimum absolute atomic E-state index is 0. The quantitative estimate of drug-likeness (QED) is 0.836. The van der Waals surface area contributed by atoms with Crippen LogP contribution >= 0.6 is 24.8 Å². The van der Waals surface area contributed by atoms with Crippen molar-refractivity contribution in [2.45, 2.75) is 44.6 Å². The molecule has 6 heteroatoms. The average Bonchev–Trinajstić information content (AvgIpc) is 3.02. The van der Waals surface area contributed by atoms with Crippen LogP contribution in [0.4, 0.5) is 0 Å². The van der Waals surface area contributed by atoms with Gasteiger partial charge in [0.05, 0.1) is 0 Å². The van der Waals surface area contributed by atoms with Crippen LogP contribution in [-0.2, 0) is 4.79 Å². The van der Waals surface area contributed by atoms with E-state index in [0.29, 0.717) is 11.8 Å². The third-order valence-corrected chi connectivity index (χ3v) is 5.12. The molecule has 0 aromatic carbocycles. The van der Waals surface area contributed by atoms with Crippen LogP contribution in [0.2, 0.25) is 0 Å². The van der Waals surface area contributed by atoms with Gasteiger partial charge in [0, 0.05) is 25.0 Å². The van der Waals surface area contributed by atoms with Crippen molar-refractivity contribution in [3.8, 4) is 0 Å². The number of hydrogen-bond donors (Lipinski definition) is 1. The normalized spacial score (nSPS) is 25.2. The van der Waals surface area contributed by atoms with Gasteiger partial charge in [-0.2, -0.15) is 0 Å². The maximum atomic E-state index is 12.5. The lowest BCUT2D eigenvalue weighted by Crippen LogP contribution is -2.48. The average molecular weight is 338 g/mol. The van der Waals surface area contributed by atoms with Crippen LogP contribution in [-0.4, -0.2) is 61.0 Å². The third-order valence-electron chi connectivity index (χ3n) is 5.12. The zero-order valence-electron chi connectivity index (χ0n) is 12.8. The van der Waals surface area contributed by atoms with Crippen LogP contribution in [0.1, 0.15) is 38.5 Å². The molecule has 21 heavy (non-hydrogen) atoms. The molecular weight excluding hydrogens is 309 g/mol. The molecule has 1 amide bonds. The number of nitrogens with zero attached hydrogens (tertiary/aromatic N) is 2. The van der Waals surface area contributed by atoms with Crippen molar-refractivity contribution in [1.29, 1.82) is 0 Å². The summed E-state index contributed by atoms with van der Waals surface area (Å²) in [5, 5.41) is 3.34. The first-order chi connectivity index (χ1) is 9.34. The number of carbonyl (C=O) groups excluding carboxylic acids is 1. The highest BCUT2D eigenvalue weighted by atomic mass is 35.5. The standard InChI is InChI=1S/C15H27N3O.2ClH/c19-15(13-3-7-16-8-4-13)18-11-5-14(6-12-18)17-9-1-2-10-17;;/h13-14,16H,1-12H2;2*1H. The largest absolute Gasteiger partial charge is 0.342 e. The molecule has 0 atom stereocenters. The number of hydrogen-bond acceptors (Lipinski definition) is 3. The Morgan fingerprint density at radius 2 is 1.43 bits per heavy atom. The van der Waals surface area contributed by atoms with E-state index in [1.54, 1.807) is 0 Å². The van der Waals surface area contributed by atoms with E-state index in [1.807, 2.05) is 0 Å². The lowest BCUT2D eigenvalue weighted by atomic mass is 9.94. The second-order valence-electron chi connectivity index (χ2n) is 6.32. The van der Waals surface area contributed by atoms with Gasteiger partial charge in [0.1, 0.15) is 0 Å². The third kappa shape index (κ3) is 4.72. The van der Waals surface area contributed by atoms with E-state index < -0.39 is 0 Å². The van der Waals surface area contributed by atoms with Gasteiger partial charge in [0.15, 0.2) is 0 Å². The molecule has 3 saturated heterocycles. The Balaban J connectivity index is 0.00000110. The van der Waals surface area contributed by atoms with Crippen molar-refractivity contribution in [3.63, 3.8) is 0 Å². The van der Waals surface area contributed by atoms with Gasteiger partial charge in [0.2, 0.25) is 5.91 Å². The lowest BCUT2D eigenvalue weighted by Gasteiger charge is -2.38. The van der Waals surface area contributed by atoms with Crippen LogP contribution in [0.15, 0.2) is 0 Å². The minimum Gasteiger partial charge on any atom is -0.342 e. The number of likely N-dealkylation sites (tertiary alicyclic amines) is 2. The van der Waals surface area contributed by atoms with E-state index in [-0.39, 0.29) is 24.8 Å². The van der Waals surface area contributed by atoms with E-state index in [4.69, 9.17) is 0 Å². The van der Waals surface area contributed by atoms with Gasteiger partial charge in [0.25, 0.3) is 0 Å². The molecule has 3 aliphatic heterocycles. The molecular formula is C15H29Cl2N3O. The molecule has 0 unspecified atom stereocenters. The van der Waals surface area contributed by atoms with E-state index in [9.17, 15) is 4.79 Å². The molecule has 3 heterocycles. The van der Waals surface area contributed by atoms with Crippen molar-refractivity contribution in [1.82, 2.24) is 15.1 Å². The number of carbonyl (C=O) groups is 1. The van der Waals surface area contributed by atoms with Crippen LogP contribution < -0.4 is 5.32 Å². The Bertz CT molecular complexity index is 310. The molecule has 0 aliphatic carbocycles. The molecule has 0 bridgehead atoms.